The molecule has 2 aromatic rings. The minimum absolute atomic E-state index is 0.123. The summed E-state index contributed by atoms with van der Waals surface area (Å²) in [5.41, 5.74) is 2.31. The van der Waals surface area contributed by atoms with Crippen LogP contribution in [0.5, 0.6) is 0 Å². The van der Waals surface area contributed by atoms with E-state index < -0.39 is 36.4 Å². The SMILES string of the molecule is CCOC(=O)[C@@H]1Cc2cccc(NC(C)=O)c2N1C(=O)CNC(=O)[C@@H](NC(=O)Cc1ccccc1)[C@@H](C)CC. The highest BCUT2D eigenvalue weighted by Gasteiger charge is 2.41. The van der Waals surface area contributed by atoms with Crippen LogP contribution in [-0.2, 0) is 41.6 Å². The molecule has 10 heteroatoms. The number of rotatable bonds is 11. The molecule has 10 nitrogen and oxygen atoms in total. The first-order valence-corrected chi connectivity index (χ1v) is 13.1. The molecule has 3 atom stereocenters. The van der Waals surface area contributed by atoms with Gasteiger partial charge < -0.3 is 20.7 Å². The normalized spacial score (nSPS) is 15.5. The fourth-order valence-electron chi connectivity index (χ4n) is 4.58. The van der Waals surface area contributed by atoms with Crippen molar-refractivity contribution in [3.63, 3.8) is 0 Å². The standard InChI is InChI=1S/C29H36N4O6/c1-5-18(3)26(32-24(35)15-20-11-8-7-9-12-20)28(37)30-17-25(36)33-23(29(38)39-6-2)16-21-13-10-14-22(27(21)33)31-19(4)34/h7-14,18,23,26H,5-6,15-17H2,1-4H3,(H,30,37)(H,31,34)(H,32,35)/t18-,23-,26-/m0/s1. The number of para-hydroxylation sites is 1. The van der Waals surface area contributed by atoms with Gasteiger partial charge >= 0.3 is 5.97 Å². The quantitative estimate of drug-likeness (QED) is 0.378. The molecule has 0 saturated heterocycles. The maximum Gasteiger partial charge on any atom is 0.329 e. The molecule has 208 valence electrons. The second-order valence-corrected chi connectivity index (χ2v) is 9.54. The van der Waals surface area contributed by atoms with Crippen LogP contribution in [0.25, 0.3) is 0 Å². The molecule has 0 spiro atoms. The number of amides is 4. The molecule has 3 N–H and O–H groups in total. The van der Waals surface area contributed by atoms with Gasteiger partial charge in [0.1, 0.15) is 12.1 Å². The van der Waals surface area contributed by atoms with Gasteiger partial charge in [-0.2, -0.15) is 0 Å². The van der Waals surface area contributed by atoms with Crippen molar-refractivity contribution in [3.8, 4) is 0 Å². The number of anilines is 2. The average molecular weight is 537 g/mol. The molecule has 0 radical (unpaired) electrons. The van der Waals surface area contributed by atoms with E-state index >= 15 is 0 Å². The molecule has 1 heterocycles. The first-order chi connectivity index (χ1) is 18.7. The summed E-state index contributed by atoms with van der Waals surface area (Å²) in [6.07, 6.45) is 0.964. The fraction of sp³-hybridized carbons (Fsp3) is 0.414. The Morgan fingerprint density at radius 3 is 2.38 bits per heavy atom. The minimum atomic E-state index is -0.935. The minimum Gasteiger partial charge on any atom is -0.464 e. The highest BCUT2D eigenvalue weighted by atomic mass is 16.5. The number of benzene rings is 2. The number of hydrogen-bond donors (Lipinski definition) is 3. The Hall–Kier alpha value is -4.21. The summed E-state index contributed by atoms with van der Waals surface area (Å²) in [4.78, 5) is 65.2. The number of carbonyl (C=O) groups excluding carboxylic acids is 5. The van der Waals surface area contributed by atoms with Crippen LogP contribution < -0.4 is 20.9 Å². The van der Waals surface area contributed by atoms with Crippen LogP contribution in [0.15, 0.2) is 48.5 Å². The Bertz CT molecular complexity index is 1220. The number of nitrogens with one attached hydrogen (secondary N) is 3. The number of hydrogen-bond acceptors (Lipinski definition) is 6. The first kappa shape index (κ1) is 29.3. The molecular weight excluding hydrogens is 500 g/mol. The molecule has 4 amide bonds. The van der Waals surface area contributed by atoms with Gasteiger partial charge in [-0.05, 0) is 30.0 Å². The number of carbonyl (C=O) groups is 5. The Morgan fingerprint density at radius 2 is 1.74 bits per heavy atom. The summed E-state index contributed by atoms with van der Waals surface area (Å²) in [6.45, 7) is 6.52. The monoisotopic (exact) mass is 536 g/mol. The number of nitrogens with zero attached hydrogens (tertiary/aromatic N) is 1. The van der Waals surface area contributed by atoms with Gasteiger partial charge in [0.25, 0.3) is 0 Å². The van der Waals surface area contributed by atoms with Gasteiger partial charge in [-0.3, -0.25) is 24.1 Å². The first-order valence-electron chi connectivity index (χ1n) is 13.1. The zero-order valence-corrected chi connectivity index (χ0v) is 22.8. The van der Waals surface area contributed by atoms with Crippen molar-refractivity contribution in [2.24, 2.45) is 5.92 Å². The van der Waals surface area contributed by atoms with Gasteiger partial charge in [0.05, 0.1) is 30.9 Å². The summed E-state index contributed by atoms with van der Waals surface area (Å²) in [5.74, 6) is -2.44. The largest absolute Gasteiger partial charge is 0.464 e. The molecule has 1 aliphatic rings. The van der Waals surface area contributed by atoms with E-state index in [0.717, 1.165) is 5.56 Å². The highest BCUT2D eigenvalue weighted by Crippen LogP contribution is 2.39. The van der Waals surface area contributed by atoms with Crippen LogP contribution in [0, 0.1) is 5.92 Å². The van der Waals surface area contributed by atoms with Crippen LogP contribution in [-0.4, -0.2) is 54.8 Å². The molecule has 0 bridgehead atoms. The molecule has 0 saturated carbocycles. The summed E-state index contributed by atoms with van der Waals surface area (Å²) < 4.78 is 5.21. The van der Waals surface area contributed by atoms with Crippen LogP contribution in [0.1, 0.15) is 45.2 Å². The van der Waals surface area contributed by atoms with E-state index in [4.69, 9.17) is 4.74 Å². The molecule has 0 fully saturated rings. The predicted molar refractivity (Wildman–Crippen MR) is 147 cm³/mol. The van der Waals surface area contributed by atoms with E-state index in [-0.39, 0.29) is 37.2 Å². The van der Waals surface area contributed by atoms with Crippen LogP contribution >= 0.6 is 0 Å². The Balaban J connectivity index is 1.77. The van der Waals surface area contributed by atoms with Gasteiger partial charge in [-0.1, -0.05) is 62.7 Å². The second kappa shape index (κ2) is 13.5. The lowest BCUT2D eigenvalue weighted by Crippen LogP contribution is -2.53. The lowest BCUT2D eigenvalue weighted by molar-refractivity contribution is -0.145. The number of ether oxygens (including phenoxy) is 1. The third kappa shape index (κ3) is 7.43. The lowest BCUT2D eigenvalue weighted by Gasteiger charge is -2.27. The van der Waals surface area contributed by atoms with Crippen molar-refractivity contribution < 1.29 is 28.7 Å². The van der Waals surface area contributed by atoms with Crippen molar-refractivity contribution in [3.05, 3.63) is 59.7 Å². The molecule has 3 rings (SSSR count). The zero-order valence-electron chi connectivity index (χ0n) is 22.8. The highest BCUT2D eigenvalue weighted by molar-refractivity contribution is 6.08. The predicted octanol–water partition coefficient (Wildman–Crippen LogP) is 2.36. The lowest BCUT2D eigenvalue weighted by atomic mass is 9.98. The van der Waals surface area contributed by atoms with Gasteiger partial charge in [0.2, 0.25) is 23.6 Å². The van der Waals surface area contributed by atoms with Gasteiger partial charge in [0.15, 0.2) is 0 Å². The van der Waals surface area contributed by atoms with E-state index in [1.807, 2.05) is 44.2 Å². The summed E-state index contributed by atoms with van der Waals surface area (Å²) in [6, 6.07) is 12.6. The van der Waals surface area contributed by atoms with Gasteiger partial charge in [0, 0.05) is 13.3 Å². The molecule has 39 heavy (non-hydrogen) atoms. The smallest absolute Gasteiger partial charge is 0.329 e. The third-order valence-corrected chi connectivity index (χ3v) is 6.66. The maximum absolute atomic E-state index is 13.5. The van der Waals surface area contributed by atoms with Crippen molar-refractivity contribution >= 4 is 41.0 Å². The maximum atomic E-state index is 13.5. The van der Waals surface area contributed by atoms with Crippen LogP contribution in [0.3, 0.4) is 0 Å². The zero-order chi connectivity index (χ0) is 28.5. The van der Waals surface area contributed by atoms with E-state index in [1.165, 1.54) is 11.8 Å². The molecule has 0 aromatic heterocycles. The molecule has 0 unspecified atom stereocenters. The summed E-state index contributed by atoms with van der Waals surface area (Å²) >= 11 is 0. The van der Waals surface area contributed by atoms with E-state index in [9.17, 15) is 24.0 Å². The number of fused-ring (bicyclic) bond motifs is 1. The Labute approximate surface area is 228 Å². The fourth-order valence-corrected chi connectivity index (χ4v) is 4.58. The van der Waals surface area contributed by atoms with Crippen molar-refractivity contribution in [2.75, 3.05) is 23.4 Å². The van der Waals surface area contributed by atoms with Crippen molar-refractivity contribution in [1.82, 2.24) is 10.6 Å². The third-order valence-electron chi connectivity index (χ3n) is 6.66. The molecule has 1 aliphatic heterocycles. The second-order valence-electron chi connectivity index (χ2n) is 9.54. The van der Waals surface area contributed by atoms with Crippen LogP contribution in [0.2, 0.25) is 0 Å². The van der Waals surface area contributed by atoms with E-state index in [0.29, 0.717) is 23.4 Å². The van der Waals surface area contributed by atoms with E-state index in [2.05, 4.69) is 16.0 Å². The Kier molecular flexibility index (Phi) is 10.2. The Morgan fingerprint density at radius 1 is 1.03 bits per heavy atom. The van der Waals surface area contributed by atoms with Crippen LogP contribution in [0.4, 0.5) is 11.4 Å². The molecule has 2 aromatic carbocycles. The number of esters is 1. The van der Waals surface area contributed by atoms with Crippen molar-refractivity contribution in [2.45, 2.75) is 59.0 Å². The van der Waals surface area contributed by atoms with Gasteiger partial charge in [-0.15, -0.1) is 0 Å². The van der Waals surface area contributed by atoms with E-state index in [1.54, 1.807) is 25.1 Å². The topological polar surface area (TPSA) is 134 Å². The van der Waals surface area contributed by atoms with Crippen molar-refractivity contribution in [1.29, 1.82) is 0 Å². The average Bonchev–Trinajstić information content (AvgIpc) is 3.31. The molecular formula is C29H36N4O6. The summed E-state index contributed by atoms with van der Waals surface area (Å²) in [7, 11) is 0. The van der Waals surface area contributed by atoms with Gasteiger partial charge in [-0.25, -0.2) is 4.79 Å². The molecule has 0 aliphatic carbocycles. The summed E-state index contributed by atoms with van der Waals surface area (Å²) in [5, 5.41) is 8.15.